The van der Waals surface area contributed by atoms with Crippen molar-refractivity contribution >= 4 is 27.2 Å². The Bertz CT molecular complexity index is 1280. The summed E-state index contributed by atoms with van der Waals surface area (Å²) in [5.74, 6) is 1.30. The van der Waals surface area contributed by atoms with Crippen molar-refractivity contribution < 1.29 is 17.2 Å². The first-order valence-corrected chi connectivity index (χ1v) is 12.2. The summed E-state index contributed by atoms with van der Waals surface area (Å²) in [5.41, 5.74) is 1.38. The van der Waals surface area contributed by atoms with Crippen LogP contribution in [0.2, 0.25) is 0 Å². The Kier molecular flexibility index (Phi) is 4.77. The van der Waals surface area contributed by atoms with Gasteiger partial charge in [-0.05, 0) is 31.4 Å². The maximum atomic E-state index is 14.8. The van der Waals surface area contributed by atoms with Gasteiger partial charge >= 0.3 is 0 Å². The third kappa shape index (κ3) is 3.85. The van der Waals surface area contributed by atoms with Crippen LogP contribution < -0.4 is 10.0 Å². The molecule has 0 spiro atoms. The number of hydrogen-bond acceptors (Lipinski definition) is 7. The van der Waals surface area contributed by atoms with E-state index in [1.54, 1.807) is 6.07 Å². The van der Waals surface area contributed by atoms with Gasteiger partial charge in [0.05, 0.1) is 17.1 Å². The average molecular weight is 461 g/mol. The Hall–Kier alpha value is -2.95. The second kappa shape index (κ2) is 7.29. The summed E-state index contributed by atoms with van der Waals surface area (Å²) in [6.07, 6.45) is 2.76. The predicted octanol–water partition coefficient (Wildman–Crippen LogP) is 4.28. The van der Waals surface area contributed by atoms with E-state index in [1.165, 1.54) is 6.07 Å². The van der Waals surface area contributed by atoms with Crippen LogP contribution in [-0.4, -0.2) is 28.8 Å². The second-order valence-electron chi connectivity index (χ2n) is 9.55. The molecule has 1 aromatic carbocycles. The van der Waals surface area contributed by atoms with Gasteiger partial charge in [0.1, 0.15) is 0 Å². The highest BCUT2D eigenvalue weighted by molar-refractivity contribution is 7.92. The van der Waals surface area contributed by atoms with Crippen molar-refractivity contribution in [3.63, 3.8) is 0 Å². The number of benzene rings is 1. The summed E-state index contributed by atoms with van der Waals surface area (Å²) in [6.45, 7) is 6.13. The first kappa shape index (κ1) is 20.9. The Morgan fingerprint density at radius 3 is 2.72 bits per heavy atom. The van der Waals surface area contributed by atoms with Crippen molar-refractivity contribution in [3.05, 3.63) is 47.1 Å². The highest BCUT2D eigenvalue weighted by Crippen LogP contribution is 2.43. The number of hydrogen-bond donors (Lipinski definition) is 3. The summed E-state index contributed by atoms with van der Waals surface area (Å²) >= 11 is 0. The third-order valence-corrected chi connectivity index (χ3v) is 7.21. The van der Waals surface area contributed by atoms with Gasteiger partial charge in [0.25, 0.3) is 0 Å². The first-order valence-electron chi connectivity index (χ1n) is 10.6. The SMILES string of the molecule is CC(C)(C)c1nnc(C2CCC(c3cc(Nc4ccc5c(c4F)CS(=O)(=O)N5)n[nH]3)C2)o1. The molecule has 1 fully saturated rings. The Morgan fingerprint density at radius 1 is 1.19 bits per heavy atom. The van der Waals surface area contributed by atoms with Gasteiger partial charge in [0.2, 0.25) is 21.8 Å². The van der Waals surface area contributed by atoms with Crippen LogP contribution in [0.3, 0.4) is 0 Å². The lowest BCUT2D eigenvalue weighted by atomic mass is 9.97. The van der Waals surface area contributed by atoms with E-state index >= 15 is 0 Å². The van der Waals surface area contributed by atoms with Crippen molar-refractivity contribution in [1.82, 2.24) is 20.4 Å². The molecule has 2 aliphatic rings. The molecule has 3 heterocycles. The molecule has 9 nitrogen and oxygen atoms in total. The van der Waals surface area contributed by atoms with Crippen LogP contribution in [0.15, 0.2) is 22.6 Å². The molecular formula is C21H25FN6O3S. The van der Waals surface area contributed by atoms with Gasteiger partial charge in [0, 0.05) is 34.6 Å². The molecule has 0 saturated heterocycles. The summed E-state index contributed by atoms with van der Waals surface area (Å²) in [5, 5.41) is 18.7. The van der Waals surface area contributed by atoms with Gasteiger partial charge in [-0.2, -0.15) is 5.10 Å². The molecule has 1 saturated carbocycles. The number of H-pyrrole nitrogens is 1. The number of nitrogens with one attached hydrogen (secondary N) is 3. The first-order chi connectivity index (χ1) is 15.1. The van der Waals surface area contributed by atoms with Gasteiger partial charge < -0.3 is 9.73 Å². The normalized spacial score (nSPS) is 22.0. The minimum absolute atomic E-state index is 0.138. The Balaban J connectivity index is 1.28. The number of sulfonamides is 1. The van der Waals surface area contributed by atoms with Gasteiger partial charge in [-0.1, -0.05) is 20.8 Å². The van der Waals surface area contributed by atoms with E-state index in [9.17, 15) is 12.8 Å². The van der Waals surface area contributed by atoms with Crippen LogP contribution in [0, 0.1) is 5.82 Å². The maximum Gasteiger partial charge on any atom is 0.237 e. The number of aromatic nitrogens is 4. The fourth-order valence-corrected chi connectivity index (χ4v) is 5.55. The van der Waals surface area contributed by atoms with Gasteiger partial charge in [-0.15, -0.1) is 10.2 Å². The molecule has 0 bridgehead atoms. The second-order valence-corrected chi connectivity index (χ2v) is 11.3. The number of anilines is 3. The highest BCUT2D eigenvalue weighted by atomic mass is 32.2. The molecule has 1 aliphatic carbocycles. The average Bonchev–Trinajstić information content (AvgIpc) is 3.47. The summed E-state index contributed by atoms with van der Waals surface area (Å²) in [4.78, 5) is 0. The van der Waals surface area contributed by atoms with Crippen molar-refractivity contribution in [2.24, 2.45) is 0 Å². The highest BCUT2D eigenvalue weighted by Gasteiger charge is 2.33. The van der Waals surface area contributed by atoms with Crippen LogP contribution in [0.5, 0.6) is 0 Å². The smallest absolute Gasteiger partial charge is 0.237 e. The number of aromatic amines is 1. The lowest BCUT2D eigenvalue weighted by Gasteiger charge is -2.11. The standard InChI is InChI=1S/C21H25FN6O3S/c1-21(2,3)20-27-26-19(31-20)12-5-4-11(8-12)16-9-17(25-24-16)23-15-7-6-14-13(18(15)22)10-32(29,30)28-14/h6-7,9,11-12,28H,4-5,8,10H2,1-3H3,(H2,23,24,25). The van der Waals surface area contributed by atoms with E-state index in [4.69, 9.17) is 4.42 Å². The molecule has 3 aromatic rings. The van der Waals surface area contributed by atoms with E-state index in [2.05, 4.69) is 30.4 Å². The summed E-state index contributed by atoms with van der Waals surface area (Å²) < 4.78 is 46.5. The molecule has 2 aromatic heterocycles. The molecule has 3 N–H and O–H groups in total. The molecule has 0 radical (unpaired) electrons. The van der Waals surface area contributed by atoms with Crippen molar-refractivity contribution in [1.29, 1.82) is 0 Å². The topological polar surface area (TPSA) is 126 Å². The van der Waals surface area contributed by atoms with Crippen LogP contribution in [-0.2, 0) is 21.2 Å². The van der Waals surface area contributed by atoms with Crippen LogP contribution in [0.25, 0.3) is 0 Å². The molecule has 11 heteroatoms. The third-order valence-electron chi connectivity index (χ3n) is 6.01. The zero-order valence-electron chi connectivity index (χ0n) is 18.1. The molecular weight excluding hydrogens is 435 g/mol. The van der Waals surface area contributed by atoms with Crippen molar-refractivity contribution in [2.75, 3.05) is 10.0 Å². The quantitative estimate of drug-likeness (QED) is 0.530. The molecule has 0 amide bonds. The lowest BCUT2D eigenvalue weighted by Crippen LogP contribution is -2.11. The minimum atomic E-state index is -3.52. The van der Waals surface area contributed by atoms with Gasteiger partial charge in [-0.25, -0.2) is 12.8 Å². The number of halogens is 1. The van der Waals surface area contributed by atoms with Crippen LogP contribution in [0.4, 0.5) is 21.6 Å². The maximum absolute atomic E-state index is 14.8. The predicted molar refractivity (Wildman–Crippen MR) is 117 cm³/mol. The summed E-state index contributed by atoms with van der Waals surface area (Å²) in [6, 6.07) is 4.92. The van der Waals surface area contributed by atoms with Gasteiger partial charge in [0.15, 0.2) is 11.6 Å². The zero-order valence-corrected chi connectivity index (χ0v) is 18.9. The molecule has 5 rings (SSSR count). The van der Waals surface area contributed by atoms with E-state index in [0.717, 1.165) is 25.0 Å². The zero-order chi connectivity index (χ0) is 22.7. The number of nitrogens with zero attached hydrogens (tertiary/aromatic N) is 3. The van der Waals surface area contributed by atoms with Crippen molar-refractivity contribution in [2.45, 2.75) is 63.0 Å². The van der Waals surface area contributed by atoms with E-state index in [0.29, 0.717) is 17.6 Å². The molecule has 1 aliphatic heterocycles. The van der Waals surface area contributed by atoms with Crippen LogP contribution in [0.1, 0.15) is 74.9 Å². The molecule has 2 atom stereocenters. The monoisotopic (exact) mass is 460 g/mol. The molecule has 32 heavy (non-hydrogen) atoms. The van der Waals surface area contributed by atoms with Crippen molar-refractivity contribution in [3.8, 4) is 0 Å². The van der Waals surface area contributed by atoms with E-state index in [1.807, 2.05) is 26.8 Å². The summed E-state index contributed by atoms with van der Waals surface area (Å²) in [7, 11) is -3.52. The Labute approximate surface area is 185 Å². The number of fused-ring (bicyclic) bond motifs is 1. The van der Waals surface area contributed by atoms with Crippen LogP contribution >= 0.6 is 0 Å². The fraction of sp³-hybridized carbons (Fsp3) is 0.476. The van der Waals surface area contributed by atoms with E-state index < -0.39 is 15.8 Å². The van der Waals surface area contributed by atoms with E-state index in [-0.39, 0.29) is 39.9 Å². The number of rotatable bonds is 4. The lowest BCUT2D eigenvalue weighted by molar-refractivity contribution is 0.355. The largest absolute Gasteiger partial charge is 0.424 e. The minimum Gasteiger partial charge on any atom is -0.424 e. The molecule has 2 unspecified atom stereocenters. The molecule has 170 valence electrons. The fourth-order valence-electron chi connectivity index (χ4n) is 4.29. The van der Waals surface area contributed by atoms with Gasteiger partial charge in [-0.3, -0.25) is 9.82 Å². The Morgan fingerprint density at radius 2 is 1.97 bits per heavy atom.